The lowest BCUT2D eigenvalue weighted by Crippen LogP contribution is -2.22. The van der Waals surface area contributed by atoms with Gasteiger partial charge in [-0.2, -0.15) is 0 Å². The molecule has 2 N–H and O–H groups in total. The van der Waals surface area contributed by atoms with E-state index in [4.69, 9.17) is 14.9 Å². The van der Waals surface area contributed by atoms with Crippen molar-refractivity contribution in [3.05, 3.63) is 113 Å². The molecule has 0 bridgehead atoms. The number of rotatable bonds is 10. The minimum Gasteiger partial charge on any atom is -0.484 e. The molecule has 4 aromatic rings. The Kier molecular flexibility index (Phi) is 10.2. The van der Waals surface area contributed by atoms with Crippen molar-refractivity contribution in [1.29, 1.82) is 0 Å². The number of thiophene rings is 1. The smallest absolute Gasteiger partial charge is 0.328 e. The highest BCUT2D eigenvalue weighted by molar-refractivity contribution is 7.10. The van der Waals surface area contributed by atoms with Gasteiger partial charge in [0.25, 0.3) is 0 Å². The van der Waals surface area contributed by atoms with Crippen molar-refractivity contribution in [2.75, 3.05) is 13.6 Å². The Bertz CT molecular complexity index is 1250. The van der Waals surface area contributed by atoms with Crippen molar-refractivity contribution in [3.8, 4) is 5.75 Å². The summed E-state index contributed by atoms with van der Waals surface area (Å²) in [5.41, 5.74) is 1.34. The van der Waals surface area contributed by atoms with Gasteiger partial charge in [0.15, 0.2) is 0 Å². The number of hydrogen-bond acceptors (Lipinski definition) is 5. The van der Waals surface area contributed by atoms with Crippen LogP contribution in [-0.4, -0.2) is 40.6 Å². The molecule has 36 heavy (non-hydrogen) atoms. The van der Waals surface area contributed by atoms with Gasteiger partial charge in [-0.05, 0) is 35.5 Å². The fourth-order valence-corrected chi connectivity index (χ4v) is 4.43. The van der Waals surface area contributed by atoms with Crippen LogP contribution in [0.1, 0.15) is 23.0 Å². The fourth-order valence-electron chi connectivity index (χ4n) is 3.64. The molecule has 0 amide bonds. The van der Waals surface area contributed by atoms with Gasteiger partial charge in [-0.3, -0.25) is 0 Å². The molecule has 1 atom stereocenters. The molecule has 7 heteroatoms. The SMILES string of the molecule is CN(CC[C@H](Oc1cccc2ccccc12)c1cccs1)Cc1ccccc1.O=C(O)C=CC(=O)O. The van der Waals surface area contributed by atoms with Crippen molar-refractivity contribution in [3.63, 3.8) is 0 Å². The van der Waals surface area contributed by atoms with E-state index in [1.54, 1.807) is 11.3 Å². The summed E-state index contributed by atoms with van der Waals surface area (Å²) in [5, 5.41) is 20.1. The van der Waals surface area contributed by atoms with Crippen molar-refractivity contribution < 1.29 is 24.5 Å². The van der Waals surface area contributed by atoms with E-state index < -0.39 is 11.9 Å². The van der Waals surface area contributed by atoms with Crippen LogP contribution >= 0.6 is 11.3 Å². The predicted molar refractivity (Wildman–Crippen MR) is 143 cm³/mol. The van der Waals surface area contributed by atoms with E-state index in [1.807, 2.05) is 0 Å². The summed E-state index contributed by atoms with van der Waals surface area (Å²) in [4.78, 5) is 22.7. The van der Waals surface area contributed by atoms with Crippen molar-refractivity contribution in [2.45, 2.75) is 19.1 Å². The van der Waals surface area contributed by atoms with Crippen molar-refractivity contribution in [2.24, 2.45) is 0 Å². The molecule has 0 aliphatic carbocycles. The molecule has 6 nitrogen and oxygen atoms in total. The molecule has 0 aliphatic rings. The zero-order valence-electron chi connectivity index (χ0n) is 20.0. The van der Waals surface area contributed by atoms with Gasteiger partial charge < -0.3 is 19.8 Å². The summed E-state index contributed by atoms with van der Waals surface area (Å²) in [6, 6.07) is 29.6. The summed E-state index contributed by atoms with van der Waals surface area (Å²) in [6.07, 6.45) is 2.13. The second-order valence-electron chi connectivity index (χ2n) is 8.12. The Hall–Kier alpha value is -3.94. The first-order chi connectivity index (χ1) is 17.4. The van der Waals surface area contributed by atoms with E-state index in [0.29, 0.717) is 12.2 Å². The molecule has 186 valence electrons. The number of aliphatic carboxylic acids is 2. The van der Waals surface area contributed by atoms with Gasteiger partial charge in [0.1, 0.15) is 11.9 Å². The van der Waals surface area contributed by atoms with Gasteiger partial charge in [0.2, 0.25) is 0 Å². The number of ether oxygens (including phenoxy) is 1. The predicted octanol–water partition coefficient (Wildman–Crippen LogP) is 6.26. The Morgan fingerprint density at radius 1 is 0.889 bits per heavy atom. The van der Waals surface area contributed by atoms with Gasteiger partial charge in [0, 0.05) is 41.9 Å². The zero-order valence-corrected chi connectivity index (χ0v) is 20.8. The van der Waals surface area contributed by atoms with Gasteiger partial charge in [-0.15, -0.1) is 11.3 Å². The maximum atomic E-state index is 9.55. The average Bonchev–Trinajstić information content (AvgIpc) is 3.41. The molecular formula is C29H29NO5S. The number of carboxylic acid groups (broad SMARTS) is 2. The van der Waals surface area contributed by atoms with E-state index >= 15 is 0 Å². The number of fused-ring (bicyclic) bond motifs is 1. The van der Waals surface area contributed by atoms with Crippen molar-refractivity contribution in [1.82, 2.24) is 4.90 Å². The molecule has 4 rings (SSSR count). The third-order valence-corrected chi connectivity index (χ3v) is 6.28. The highest BCUT2D eigenvalue weighted by atomic mass is 32.1. The number of nitrogens with zero attached hydrogens (tertiary/aromatic N) is 1. The number of hydrogen-bond donors (Lipinski definition) is 2. The Morgan fingerprint density at radius 3 is 2.22 bits per heavy atom. The minimum absolute atomic E-state index is 0.0593. The molecular weight excluding hydrogens is 474 g/mol. The van der Waals surface area contributed by atoms with Crippen LogP contribution < -0.4 is 4.74 Å². The van der Waals surface area contributed by atoms with Gasteiger partial charge in [-0.1, -0.05) is 72.8 Å². The molecule has 0 aliphatic heterocycles. The van der Waals surface area contributed by atoms with Crippen LogP contribution in [0.15, 0.2) is 102 Å². The van der Waals surface area contributed by atoms with E-state index in [1.165, 1.54) is 21.2 Å². The fraction of sp³-hybridized carbons (Fsp3) is 0.172. The molecule has 3 aromatic carbocycles. The number of carboxylic acids is 2. The second-order valence-corrected chi connectivity index (χ2v) is 9.10. The van der Waals surface area contributed by atoms with Crippen LogP contribution in [0.25, 0.3) is 10.8 Å². The summed E-state index contributed by atoms with van der Waals surface area (Å²) >= 11 is 1.77. The maximum Gasteiger partial charge on any atom is 0.328 e. The van der Waals surface area contributed by atoms with E-state index in [9.17, 15) is 9.59 Å². The summed E-state index contributed by atoms with van der Waals surface area (Å²) in [5.74, 6) is -1.55. The van der Waals surface area contributed by atoms with Crippen molar-refractivity contribution >= 4 is 34.0 Å². The third-order valence-electron chi connectivity index (χ3n) is 5.32. The molecule has 1 aromatic heterocycles. The maximum absolute atomic E-state index is 9.55. The molecule has 0 saturated carbocycles. The first-order valence-corrected chi connectivity index (χ1v) is 12.3. The molecule has 0 saturated heterocycles. The Morgan fingerprint density at radius 2 is 1.56 bits per heavy atom. The molecule has 0 unspecified atom stereocenters. The lowest BCUT2D eigenvalue weighted by Gasteiger charge is -2.23. The van der Waals surface area contributed by atoms with Crippen LogP contribution in [0, 0.1) is 0 Å². The monoisotopic (exact) mass is 503 g/mol. The lowest BCUT2D eigenvalue weighted by atomic mass is 10.1. The standard InChI is InChI=1S/C25H25NOS.C4H4O4/c1-26(19-20-9-3-2-4-10-20)17-16-24(25-15-8-18-28-25)27-23-14-7-12-21-11-5-6-13-22(21)23;5-3(6)1-2-4(7)8/h2-15,18,24H,16-17,19H2,1H3;1-2H,(H,5,6)(H,7,8)/t24-;/m0./s1. The van der Waals surface area contributed by atoms with Gasteiger partial charge >= 0.3 is 11.9 Å². The van der Waals surface area contributed by atoms with Crippen LogP contribution in [0.3, 0.4) is 0 Å². The normalized spacial score (nSPS) is 11.7. The molecule has 0 spiro atoms. The van der Waals surface area contributed by atoms with Crippen LogP contribution in [0.5, 0.6) is 5.75 Å². The summed E-state index contributed by atoms with van der Waals surface area (Å²) in [7, 11) is 2.18. The molecule has 0 radical (unpaired) electrons. The summed E-state index contributed by atoms with van der Waals surface area (Å²) < 4.78 is 6.56. The Labute approximate surface area is 214 Å². The van der Waals surface area contributed by atoms with Crippen LogP contribution in [0.2, 0.25) is 0 Å². The zero-order chi connectivity index (χ0) is 25.8. The number of benzene rings is 3. The highest BCUT2D eigenvalue weighted by Gasteiger charge is 2.17. The van der Waals surface area contributed by atoms with Crippen LogP contribution in [-0.2, 0) is 16.1 Å². The third kappa shape index (κ3) is 8.69. The second kappa shape index (κ2) is 13.8. The minimum atomic E-state index is -1.26. The van der Waals surface area contributed by atoms with E-state index in [-0.39, 0.29) is 6.10 Å². The quantitative estimate of drug-likeness (QED) is 0.249. The summed E-state index contributed by atoms with van der Waals surface area (Å²) in [6.45, 7) is 1.93. The molecule has 0 fully saturated rings. The topological polar surface area (TPSA) is 87.1 Å². The first kappa shape index (κ1) is 26.7. The van der Waals surface area contributed by atoms with E-state index in [2.05, 4.69) is 102 Å². The first-order valence-electron chi connectivity index (χ1n) is 11.5. The lowest BCUT2D eigenvalue weighted by molar-refractivity contribution is -0.134. The number of carbonyl (C=O) groups is 2. The van der Waals surface area contributed by atoms with Gasteiger partial charge in [0.05, 0.1) is 0 Å². The Balaban J connectivity index is 0.000000392. The highest BCUT2D eigenvalue weighted by Crippen LogP contribution is 2.33. The van der Waals surface area contributed by atoms with E-state index in [0.717, 1.165) is 25.3 Å². The van der Waals surface area contributed by atoms with Gasteiger partial charge in [-0.25, -0.2) is 9.59 Å². The van der Waals surface area contributed by atoms with Crippen LogP contribution in [0.4, 0.5) is 0 Å². The molecule has 1 heterocycles. The largest absolute Gasteiger partial charge is 0.484 e. The average molecular weight is 504 g/mol.